The lowest BCUT2D eigenvalue weighted by molar-refractivity contribution is 0.0402. The number of aromatic nitrogens is 4. The van der Waals surface area contributed by atoms with Crippen LogP contribution >= 0.6 is 11.3 Å². The number of carbonyl (C=O) groups is 1. The molecule has 9 nitrogen and oxygen atoms in total. The van der Waals surface area contributed by atoms with Gasteiger partial charge in [-0.25, -0.2) is 14.8 Å². The third kappa shape index (κ3) is 2.87. The summed E-state index contributed by atoms with van der Waals surface area (Å²) in [6, 6.07) is 8.03. The van der Waals surface area contributed by atoms with E-state index in [-0.39, 0.29) is 12.2 Å². The van der Waals surface area contributed by atoms with Crippen LogP contribution in [0.15, 0.2) is 36.7 Å². The second-order valence-electron chi connectivity index (χ2n) is 7.25. The number of hydrogen-bond donors (Lipinski definition) is 1. The van der Waals surface area contributed by atoms with Crippen LogP contribution in [-0.4, -0.2) is 59.1 Å². The molecular formula is C20H18N6O3S. The van der Waals surface area contributed by atoms with Crippen molar-refractivity contribution in [1.29, 1.82) is 0 Å². The maximum absolute atomic E-state index is 11.9. The summed E-state index contributed by atoms with van der Waals surface area (Å²) in [5, 5.41) is 9.07. The summed E-state index contributed by atoms with van der Waals surface area (Å²) in [6.07, 6.45) is 3.27. The molecule has 2 fully saturated rings. The van der Waals surface area contributed by atoms with Crippen LogP contribution in [0, 0.1) is 0 Å². The second-order valence-corrected chi connectivity index (χ2v) is 8.32. The van der Waals surface area contributed by atoms with Crippen molar-refractivity contribution >= 4 is 49.5 Å². The first-order valence-electron chi connectivity index (χ1n) is 9.76. The van der Waals surface area contributed by atoms with Crippen molar-refractivity contribution in [1.82, 2.24) is 20.2 Å². The number of cyclic esters (lactones) is 1. The molecule has 0 saturated carbocycles. The fourth-order valence-corrected chi connectivity index (χ4v) is 4.97. The molecule has 0 radical (unpaired) electrons. The number of anilines is 2. The first-order valence-corrected chi connectivity index (χ1v) is 10.6. The van der Waals surface area contributed by atoms with E-state index in [1.54, 1.807) is 4.90 Å². The predicted molar refractivity (Wildman–Crippen MR) is 113 cm³/mol. The zero-order chi connectivity index (χ0) is 20.1. The molecule has 1 atom stereocenters. The smallest absolute Gasteiger partial charge is 0.415 e. The third-order valence-corrected chi connectivity index (χ3v) is 6.57. The number of thiophene rings is 1. The van der Waals surface area contributed by atoms with Crippen LogP contribution in [0.3, 0.4) is 0 Å². The van der Waals surface area contributed by atoms with E-state index in [0.29, 0.717) is 32.3 Å². The molecule has 2 aliphatic rings. The maximum Gasteiger partial charge on any atom is 0.415 e. The number of rotatable bonds is 3. The highest BCUT2D eigenvalue weighted by Crippen LogP contribution is 2.34. The van der Waals surface area contributed by atoms with Crippen molar-refractivity contribution in [3.63, 3.8) is 0 Å². The van der Waals surface area contributed by atoms with Gasteiger partial charge < -0.3 is 14.4 Å². The Morgan fingerprint density at radius 3 is 3.07 bits per heavy atom. The Bertz CT molecular complexity index is 1250. The van der Waals surface area contributed by atoms with Crippen molar-refractivity contribution in [2.45, 2.75) is 6.10 Å². The van der Waals surface area contributed by atoms with Crippen molar-refractivity contribution in [3.8, 4) is 0 Å². The van der Waals surface area contributed by atoms with Crippen LogP contribution in [0.5, 0.6) is 0 Å². The van der Waals surface area contributed by atoms with Crippen LogP contribution in [0.4, 0.5) is 15.7 Å². The number of nitrogens with zero attached hydrogens (tertiary/aromatic N) is 5. The SMILES string of the molecule is O=C1OCCN1c1cc2nc(N3CCOC(c4cccc5[nH]ncc45)C3)ncc2s1. The Hall–Kier alpha value is -3.24. The van der Waals surface area contributed by atoms with Gasteiger partial charge in [0, 0.05) is 11.9 Å². The number of aromatic amines is 1. The minimum Gasteiger partial charge on any atom is -0.447 e. The molecule has 0 aliphatic carbocycles. The molecule has 0 spiro atoms. The van der Waals surface area contributed by atoms with E-state index in [0.717, 1.165) is 38.2 Å². The number of ether oxygens (including phenoxy) is 2. The van der Waals surface area contributed by atoms with Crippen LogP contribution in [0.25, 0.3) is 21.1 Å². The lowest BCUT2D eigenvalue weighted by Crippen LogP contribution is -2.39. The Labute approximate surface area is 175 Å². The van der Waals surface area contributed by atoms with Crippen LogP contribution in [-0.2, 0) is 9.47 Å². The summed E-state index contributed by atoms with van der Waals surface area (Å²) >= 11 is 1.50. The molecule has 1 aromatic carbocycles. The van der Waals surface area contributed by atoms with E-state index in [9.17, 15) is 4.79 Å². The van der Waals surface area contributed by atoms with E-state index in [1.807, 2.05) is 30.6 Å². The fraction of sp³-hybridized carbons (Fsp3) is 0.300. The highest BCUT2D eigenvalue weighted by atomic mass is 32.1. The molecule has 10 heteroatoms. The molecule has 6 rings (SSSR count). The first kappa shape index (κ1) is 17.6. The van der Waals surface area contributed by atoms with Gasteiger partial charge in [0.25, 0.3) is 0 Å². The number of benzene rings is 1. The van der Waals surface area contributed by atoms with E-state index in [2.05, 4.69) is 26.1 Å². The van der Waals surface area contributed by atoms with E-state index >= 15 is 0 Å². The average molecular weight is 422 g/mol. The van der Waals surface area contributed by atoms with Gasteiger partial charge in [0.15, 0.2) is 0 Å². The number of carbonyl (C=O) groups excluding carboxylic acids is 1. The van der Waals surface area contributed by atoms with Gasteiger partial charge in [-0.05, 0) is 17.7 Å². The van der Waals surface area contributed by atoms with Crippen LogP contribution in [0.1, 0.15) is 11.7 Å². The molecule has 2 saturated heterocycles. The van der Waals surface area contributed by atoms with Gasteiger partial charge in [-0.15, -0.1) is 11.3 Å². The predicted octanol–water partition coefficient (Wildman–Crippen LogP) is 3.10. The Kier molecular flexibility index (Phi) is 4.06. The molecular weight excluding hydrogens is 404 g/mol. The summed E-state index contributed by atoms with van der Waals surface area (Å²) in [5.41, 5.74) is 2.94. The highest BCUT2D eigenvalue weighted by Gasteiger charge is 2.27. The quantitative estimate of drug-likeness (QED) is 0.542. The van der Waals surface area contributed by atoms with E-state index in [4.69, 9.17) is 14.5 Å². The molecule has 152 valence electrons. The molecule has 1 amide bonds. The Balaban J connectivity index is 1.29. The summed E-state index contributed by atoms with van der Waals surface area (Å²) < 4.78 is 12.1. The van der Waals surface area contributed by atoms with Crippen molar-refractivity contribution in [2.24, 2.45) is 0 Å². The van der Waals surface area contributed by atoms with Gasteiger partial charge in [0.1, 0.15) is 17.7 Å². The molecule has 0 bridgehead atoms. The lowest BCUT2D eigenvalue weighted by atomic mass is 10.0. The highest BCUT2D eigenvalue weighted by molar-refractivity contribution is 7.22. The number of fused-ring (bicyclic) bond motifs is 2. The standard InChI is InChI=1S/C20H18N6O3S/c27-20-26(5-7-29-20)18-8-15-17(30-18)10-21-19(23-15)25-4-6-28-16(11-25)12-2-1-3-14-13(12)9-22-24-14/h1-3,8-10,16H,4-7,11H2,(H,22,24). The average Bonchev–Trinajstić information content (AvgIpc) is 3.51. The van der Waals surface area contributed by atoms with Gasteiger partial charge >= 0.3 is 6.09 Å². The van der Waals surface area contributed by atoms with Gasteiger partial charge in [-0.2, -0.15) is 5.10 Å². The largest absolute Gasteiger partial charge is 0.447 e. The topological polar surface area (TPSA) is 96.5 Å². The molecule has 1 unspecified atom stereocenters. The summed E-state index contributed by atoms with van der Waals surface area (Å²) in [5.74, 6) is 0.670. The number of nitrogens with one attached hydrogen (secondary N) is 1. The zero-order valence-electron chi connectivity index (χ0n) is 15.9. The minimum atomic E-state index is -0.306. The van der Waals surface area contributed by atoms with Crippen molar-refractivity contribution < 1.29 is 14.3 Å². The van der Waals surface area contributed by atoms with Crippen LogP contribution < -0.4 is 9.80 Å². The summed E-state index contributed by atoms with van der Waals surface area (Å²) in [4.78, 5) is 25.0. The van der Waals surface area contributed by atoms with Crippen molar-refractivity contribution in [3.05, 3.63) is 42.2 Å². The monoisotopic (exact) mass is 422 g/mol. The number of morpholine rings is 1. The number of hydrogen-bond acceptors (Lipinski definition) is 8. The zero-order valence-corrected chi connectivity index (χ0v) is 16.8. The number of amides is 1. The second kappa shape index (κ2) is 6.92. The van der Waals surface area contributed by atoms with Crippen molar-refractivity contribution in [2.75, 3.05) is 42.6 Å². The maximum atomic E-state index is 11.9. The molecule has 5 heterocycles. The van der Waals surface area contributed by atoms with E-state index in [1.165, 1.54) is 11.3 Å². The first-order chi connectivity index (χ1) is 14.8. The summed E-state index contributed by atoms with van der Waals surface area (Å²) in [7, 11) is 0. The van der Waals surface area contributed by atoms with E-state index < -0.39 is 0 Å². The third-order valence-electron chi connectivity index (χ3n) is 5.49. The Morgan fingerprint density at radius 2 is 2.17 bits per heavy atom. The van der Waals surface area contributed by atoms with Gasteiger partial charge in [-0.3, -0.25) is 10.00 Å². The minimum absolute atomic E-state index is 0.0863. The van der Waals surface area contributed by atoms with Gasteiger partial charge in [-0.1, -0.05) is 12.1 Å². The normalized spacial score (nSPS) is 19.7. The lowest BCUT2D eigenvalue weighted by Gasteiger charge is -2.33. The molecule has 30 heavy (non-hydrogen) atoms. The molecule has 4 aromatic rings. The summed E-state index contributed by atoms with van der Waals surface area (Å²) in [6.45, 7) is 2.96. The molecule has 2 aliphatic heterocycles. The Morgan fingerprint density at radius 1 is 1.20 bits per heavy atom. The van der Waals surface area contributed by atoms with Crippen LogP contribution in [0.2, 0.25) is 0 Å². The van der Waals surface area contributed by atoms with Gasteiger partial charge in [0.05, 0.1) is 47.8 Å². The molecule has 1 N–H and O–H groups in total. The van der Waals surface area contributed by atoms with Gasteiger partial charge in [0.2, 0.25) is 5.95 Å². The number of H-pyrrole nitrogens is 1. The molecule has 3 aromatic heterocycles. The fourth-order valence-electron chi connectivity index (χ4n) is 3.99.